The molecule has 1 saturated carbocycles. The molecule has 4 nitrogen and oxygen atoms in total. The van der Waals surface area contributed by atoms with Gasteiger partial charge in [0.25, 0.3) is 0 Å². The Morgan fingerprint density at radius 2 is 2.35 bits per heavy atom. The van der Waals surface area contributed by atoms with Crippen LogP contribution in [0.2, 0.25) is 0 Å². The molecule has 0 spiro atoms. The number of amides is 1. The highest BCUT2D eigenvalue weighted by molar-refractivity contribution is 5.77. The minimum Gasteiger partial charge on any atom is -0.388 e. The van der Waals surface area contributed by atoms with Crippen LogP contribution < -0.4 is 5.32 Å². The summed E-state index contributed by atoms with van der Waals surface area (Å²) in [6.45, 7) is 5.21. The van der Waals surface area contributed by atoms with Crippen LogP contribution in [-0.4, -0.2) is 36.4 Å². The average molecular weight is 243 g/mol. The van der Waals surface area contributed by atoms with E-state index in [1.807, 2.05) is 6.92 Å². The lowest BCUT2D eigenvalue weighted by molar-refractivity contribution is -0.127. The molecule has 2 atom stereocenters. The van der Waals surface area contributed by atoms with Gasteiger partial charge in [-0.3, -0.25) is 4.79 Å². The maximum Gasteiger partial charge on any atom is 0.246 e. The molecule has 0 aliphatic heterocycles. The zero-order chi connectivity index (χ0) is 12.7. The van der Waals surface area contributed by atoms with Crippen molar-refractivity contribution in [3.8, 4) is 0 Å². The van der Waals surface area contributed by atoms with Gasteiger partial charge in [-0.1, -0.05) is 26.7 Å². The Bertz CT molecular complexity index is 245. The largest absolute Gasteiger partial charge is 0.388 e. The van der Waals surface area contributed by atoms with Gasteiger partial charge in [0.1, 0.15) is 6.61 Å². The van der Waals surface area contributed by atoms with Gasteiger partial charge in [-0.05, 0) is 25.2 Å². The molecular formula is C13H25NO3. The average Bonchev–Trinajstić information content (AvgIpc) is 2.27. The second-order valence-corrected chi connectivity index (χ2v) is 5.26. The third-order valence-corrected chi connectivity index (χ3v) is 3.26. The van der Waals surface area contributed by atoms with Crippen molar-refractivity contribution < 1.29 is 14.6 Å². The Kier molecular flexibility index (Phi) is 5.92. The van der Waals surface area contributed by atoms with Crippen molar-refractivity contribution in [2.75, 3.05) is 19.8 Å². The highest BCUT2D eigenvalue weighted by atomic mass is 16.5. The van der Waals surface area contributed by atoms with Crippen molar-refractivity contribution in [1.29, 1.82) is 0 Å². The molecule has 1 rings (SSSR count). The highest BCUT2D eigenvalue weighted by Gasteiger charge is 2.32. The third-order valence-electron chi connectivity index (χ3n) is 3.26. The highest BCUT2D eigenvalue weighted by Crippen LogP contribution is 2.31. The molecule has 1 amide bonds. The quantitative estimate of drug-likeness (QED) is 0.695. The molecule has 2 N–H and O–H groups in total. The van der Waals surface area contributed by atoms with Gasteiger partial charge >= 0.3 is 0 Å². The van der Waals surface area contributed by atoms with Crippen LogP contribution in [0.25, 0.3) is 0 Å². The van der Waals surface area contributed by atoms with Gasteiger partial charge in [0, 0.05) is 13.2 Å². The lowest BCUT2D eigenvalue weighted by Gasteiger charge is -2.35. The second kappa shape index (κ2) is 6.97. The van der Waals surface area contributed by atoms with Gasteiger partial charge < -0.3 is 15.2 Å². The Hall–Kier alpha value is -0.610. The molecule has 0 aromatic heterocycles. The zero-order valence-corrected chi connectivity index (χ0v) is 11.0. The van der Waals surface area contributed by atoms with E-state index in [9.17, 15) is 9.90 Å². The van der Waals surface area contributed by atoms with E-state index in [0.717, 1.165) is 25.7 Å². The smallest absolute Gasteiger partial charge is 0.246 e. The normalized spacial score (nSPS) is 29.0. The van der Waals surface area contributed by atoms with E-state index in [0.29, 0.717) is 19.1 Å². The summed E-state index contributed by atoms with van der Waals surface area (Å²) >= 11 is 0. The number of hydrogen-bond acceptors (Lipinski definition) is 3. The second-order valence-electron chi connectivity index (χ2n) is 5.26. The molecule has 100 valence electrons. The predicted octanol–water partition coefficient (Wildman–Crippen LogP) is 1.47. The summed E-state index contributed by atoms with van der Waals surface area (Å²) in [7, 11) is 0. The predicted molar refractivity (Wildman–Crippen MR) is 66.7 cm³/mol. The first kappa shape index (κ1) is 14.5. The number of ether oxygens (including phenoxy) is 1. The summed E-state index contributed by atoms with van der Waals surface area (Å²) < 4.78 is 5.14. The monoisotopic (exact) mass is 243 g/mol. The van der Waals surface area contributed by atoms with Crippen LogP contribution in [0.3, 0.4) is 0 Å². The lowest BCUT2D eigenvalue weighted by Crippen LogP contribution is -2.46. The molecule has 1 aliphatic carbocycles. The van der Waals surface area contributed by atoms with E-state index >= 15 is 0 Å². The molecule has 0 saturated heterocycles. The molecule has 1 aliphatic rings. The summed E-state index contributed by atoms with van der Waals surface area (Å²) in [4.78, 5) is 11.4. The van der Waals surface area contributed by atoms with Crippen LogP contribution in [0.15, 0.2) is 0 Å². The minimum atomic E-state index is -0.710. The summed E-state index contributed by atoms with van der Waals surface area (Å²) in [5.74, 6) is 0.409. The molecule has 1 fully saturated rings. The van der Waals surface area contributed by atoms with Crippen molar-refractivity contribution in [3.63, 3.8) is 0 Å². The molecule has 17 heavy (non-hydrogen) atoms. The van der Waals surface area contributed by atoms with Crippen LogP contribution in [0.1, 0.15) is 46.0 Å². The van der Waals surface area contributed by atoms with Crippen LogP contribution in [0, 0.1) is 5.92 Å². The summed E-state index contributed by atoms with van der Waals surface area (Å²) in [6, 6.07) is 0. The van der Waals surface area contributed by atoms with Crippen LogP contribution in [0.4, 0.5) is 0 Å². The van der Waals surface area contributed by atoms with E-state index in [1.165, 1.54) is 6.42 Å². The van der Waals surface area contributed by atoms with Gasteiger partial charge in [0.05, 0.1) is 5.60 Å². The number of carbonyl (C=O) groups is 1. The molecular weight excluding hydrogens is 218 g/mol. The Labute approximate surface area is 104 Å². The number of rotatable bonds is 6. The SMILES string of the molecule is CCCOCC(=O)NCC1(O)CCCC(C)C1. The van der Waals surface area contributed by atoms with Gasteiger partial charge in [0.2, 0.25) is 5.91 Å². The zero-order valence-electron chi connectivity index (χ0n) is 11.0. The van der Waals surface area contributed by atoms with E-state index < -0.39 is 5.60 Å². The maximum atomic E-state index is 11.4. The first-order valence-electron chi connectivity index (χ1n) is 6.62. The molecule has 0 bridgehead atoms. The van der Waals surface area contributed by atoms with E-state index in [2.05, 4.69) is 12.2 Å². The van der Waals surface area contributed by atoms with E-state index in [4.69, 9.17) is 4.74 Å². The van der Waals surface area contributed by atoms with Gasteiger partial charge in [-0.25, -0.2) is 0 Å². The number of aliphatic hydroxyl groups is 1. The number of nitrogens with one attached hydrogen (secondary N) is 1. The first-order valence-corrected chi connectivity index (χ1v) is 6.62. The number of hydrogen-bond donors (Lipinski definition) is 2. The fraction of sp³-hybridized carbons (Fsp3) is 0.923. The van der Waals surface area contributed by atoms with Crippen molar-refractivity contribution in [2.45, 2.75) is 51.6 Å². The summed E-state index contributed by atoms with van der Waals surface area (Å²) in [6.07, 6.45) is 4.70. The molecule has 0 heterocycles. The molecule has 0 aromatic carbocycles. The van der Waals surface area contributed by atoms with E-state index in [1.54, 1.807) is 0 Å². The first-order chi connectivity index (χ1) is 8.06. The maximum absolute atomic E-state index is 11.4. The molecule has 0 aromatic rings. The van der Waals surface area contributed by atoms with E-state index in [-0.39, 0.29) is 12.5 Å². The lowest BCUT2D eigenvalue weighted by atomic mass is 9.79. The van der Waals surface area contributed by atoms with Crippen LogP contribution >= 0.6 is 0 Å². The molecule has 4 heteroatoms. The van der Waals surface area contributed by atoms with Crippen molar-refractivity contribution in [3.05, 3.63) is 0 Å². The van der Waals surface area contributed by atoms with Crippen molar-refractivity contribution >= 4 is 5.91 Å². The van der Waals surface area contributed by atoms with Crippen LogP contribution in [-0.2, 0) is 9.53 Å². The Morgan fingerprint density at radius 3 is 3.00 bits per heavy atom. The fourth-order valence-corrected chi connectivity index (χ4v) is 2.42. The van der Waals surface area contributed by atoms with Gasteiger partial charge in [-0.15, -0.1) is 0 Å². The molecule has 0 radical (unpaired) electrons. The Balaban J connectivity index is 2.21. The fourth-order valence-electron chi connectivity index (χ4n) is 2.42. The van der Waals surface area contributed by atoms with Gasteiger partial charge in [-0.2, -0.15) is 0 Å². The van der Waals surface area contributed by atoms with Crippen molar-refractivity contribution in [2.24, 2.45) is 5.92 Å². The summed E-state index contributed by atoms with van der Waals surface area (Å²) in [5, 5.41) is 13.1. The standard InChI is InChI=1S/C13H25NO3/c1-3-7-17-9-12(15)14-10-13(16)6-4-5-11(2)8-13/h11,16H,3-10H2,1-2H3,(H,14,15). The summed E-state index contributed by atoms with van der Waals surface area (Å²) in [5.41, 5.74) is -0.710. The topological polar surface area (TPSA) is 58.6 Å². The Morgan fingerprint density at radius 1 is 1.59 bits per heavy atom. The minimum absolute atomic E-state index is 0.0967. The number of carbonyl (C=O) groups excluding carboxylic acids is 1. The molecule has 2 unspecified atom stereocenters. The van der Waals surface area contributed by atoms with Crippen molar-refractivity contribution in [1.82, 2.24) is 5.32 Å². The third kappa shape index (κ3) is 5.50. The van der Waals surface area contributed by atoms with Crippen LogP contribution in [0.5, 0.6) is 0 Å². The van der Waals surface area contributed by atoms with Gasteiger partial charge in [0.15, 0.2) is 0 Å².